The Morgan fingerprint density at radius 1 is 0.879 bits per heavy atom. The first-order valence-corrected chi connectivity index (χ1v) is 12.2. The highest BCUT2D eigenvalue weighted by atomic mass is 32.2. The van der Waals surface area contributed by atoms with Crippen molar-refractivity contribution in [1.29, 1.82) is 0 Å². The number of nitrogens with zero attached hydrogens (tertiary/aromatic N) is 3. The van der Waals surface area contributed by atoms with E-state index < -0.39 is 10.0 Å². The van der Waals surface area contributed by atoms with Crippen LogP contribution in [0.1, 0.15) is 16.8 Å². The van der Waals surface area contributed by atoms with Crippen LogP contribution in [0.25, 0.3) is 16.9 Å². The maximum absolute atomic E-state index is 13.3. The van der Waals surface area contributed by atoms with Crippen LogP contribution >= 0.6 is 0 Å². The average molecular weight is 459 g/mol. The number of hydrogen-bond donors (Lipinski definition) is 1. The number of sulfonamides is 1. The molecule has 4 aromatic rings. The molecule has 166 valence electrons. The molecule has 0 saturated carbocycles. The van der Waals surface area contributed by atoms with Crippen LogP contribution in [0, 0.1) is 0 Å². The van der Waals surface area contributed by atoms with Crippen molar-refractivity contribution in [3.05, 3.63) is 96.7 Å². The van der Waals surface area contributed by atoms with Crippen molar-refractivity contribution in [2.24, 2.45) is 0 Å². The van der Waals surface area contributed by atoms with Crippen molar-refractivity contribution in [2.75, 3.05) is 21.9 Å². The minimum atomic E-state index is -3.30. The fraction of sp³-hybridized carbons (Fsp3) is 0.120. The predicted molar refractivity (Wildman–Crippen MR) is 129 cm³/mol. The van der Waals surface area contributed by atoms with E-state index in [1.165, 1.54) is 4.31 Å². The first kappa shape index (κ1) is 21.0. The van der Waals surface area contributed by atoms with Crippen LogP contribution in [0.2, 0.25) is 0 Å². The second-order valence-corrected chi connectivity index (χ2v) is 9.80. The predicted octanol–water partition coefficient (Wildman–Crippen LogP) is 4.33. The van der Waals surface area contributed by atoms with Crippen molar-refractivity contribution in [2.45, 2.75) is 6.42 Å². The number of nitrogens with one attached hydrogen (secondary N) is 1. The van der Waals surface area contributed by atoms with Crippen LogP contribution in [0.4, 0.5) is 11.4 Å². The highest BCUT2D eigenvalue weighted by Crippen LogP contribution is 2.28. The maximum Gasteiger partial charge on any atom is 0.259 e. The molecule has 0 atom stereocenters. The third-order valence-corrected chi connectivity index (χ3v) is 7.39. The molecule has 2 heterocycles. The summed E-state index contributed by atoms with van der Waals surface area (Å²) in [7, 11) is -3.30. The Kier molecular flexibility index (Phi) is 5.43. The minimum absolute atomic E-state index is 0.142. The number of hydrogen-bond acceptors (Lipinski definition) is 4. The van der Waals surface area contributed by atoms with Crippen molar-refractivity contribution in [3.63, 3.8) is 0 Å². The van der Waals surface area contributed by atoms with Crippen LogP contribution in [-0.2, 0) is 10.0 Å². The van der Waals surface area contributed by atoms with Crippen LogP contribution in [-0.4, -0.2) is 36.4 Å². The average Bonchev–Trinajstić information content (AvgIpc) is 3.44. The van der Waals surface area contributed by atoms with Gasteiger partial charge in [0.1, 0.15) is 5.69 Å². The van der Waals surface area contributed by atoms with Gasteiger partial charge in [-0.25, -0.2) is 13.1 Å². The molecule has 1 amide bonds. The summed E-state index contributed by atoms with van der Waals surface area (Å²) in [6, 6.07) is 26.0. The van der Waals surface area contributed by atoms with E-state index in [4.69, 9.17) is 0 Å². The number of para-hydroxylation sites is 1. The second kappa shape index (κ2) is 8.55. The molecule has 5 rings (SSSR count). The molecule has 1 aromatic heterocycles. The van der Waals surface area contributed by atoms with E-state index in [2.05, 4.69) is 10.4 Å². The summed E-state index contributed by atoms with van der Waals surface area (Å²) in [5.74, 6) is -0.180. The lowest BCUT2D eigenvalue weighted by Gasteiger charge is -2.17. The molecule has 0 aliphatic carbocycles. The number of aromatic nitrogens is 2. The van der Waals surface area contributed by atoms with Gasteiger partial charge in [0.25, 0.3) is 5.91 Å². The Morgan fingerprint density at radius 3 is 2.27 bits per heavy atom. The fourth-order valence-corrected chi connectivity index (χ4v) is 5.49. The van der Waals surface area contributed by atoms with Gasteiger partial charge < -0.3 is 5.32 Å². The Hall–Kier alpha value is -3.91. The number of amides is 1. The summed E-state index contributed by atoms with van der Waals surface area (Å²) < 4.78 is 27.6. The van der Waals surface area contributed by atoms with Gasteiger partial charge in [0.2, 0.25) is 10.0 Å². The zero-order valence-electron chi connectivity index (χ0n) is 17.8. The SMILES string of the molecule is O=C(Nc1cccc(N2CCCS2(=O)=O)c1)c1cn(-c2ccccc2)nc1-c1ccccc1. The molecule has 8 heteroatoms. The van der Waals surface area contributed by atoms with Crippen LogP contribution in [0.15, 0.2) is 91.1 Å². The van der Waals surface area contributed by atoms with E-state index in [-0.39, 0.29) is 11.7 Å². The molecule has 0 bridgehead atoms. The second-order valence-electron chi connectivity index (χ2n) is 7.78. The number of anilines is 2. The van der Waals surface area contributed by atoms with Gasteiger partial charge in [-0.3, -0.25) is 9.10 Å². The molecule has 1 aliphatic heterocycles. The molecule has 1 N–H and O–H groups in total. The van der Waals surface area contributed by atoms with E-state index >= 15 is 0 Å². The Morgan fingerprint density at radius 2 is 1.58 bits per heavy atom. The molecular formula is C25H22N4O3S. The van der Waals surface area contributed by atoms with Crippen LogP contribution in [0.5, 0.6) is 0 Å². The highest BCUT2D eigenvalue weighted by molar-refractivity contribution is 7.93. The van der Waals surface area contributed by atoms with Crippen LogP contribution < -0.4 is 9.62 Å². The third-order valence-electron chi connectivity index (χ3n) is 5.52. The number of rotatable bonds is 5. The number of benzene rings is 3. The summed E-state index contributed by atoms with van der Waals surface area (Å²) in [5.41, 5.74) is 3.73. The van der Waals surface area contributed by atoms with Gasteiger partial charge in [0.15, 0.2) is 0 Å². The van der Waals surface area contributed by atoms with Crippen molar-refractivity contribution in [3.8, 4) is 16.9 Å². The topological polar surface area (TPSA) is 84.3 Å². The Labute approximate surface area is 192 Å². The molecule has 0 spiro atoms. The van der Waals surface area contributed by atoms with Gasteiger partial charge >= 0.3 is 0 Å². The largest absolute Gasteiger partial charge is 0.322 e. The van der Waals surface area contributed by atoms with E-state index in [9.17, 15) is 13.2 Å². The Bertz CT molecular complexity index is 1400. The van der Waals surface area contributed by atoms with Gasteiger partial charge in [0, 0.05) is 24.0 Å². The molecule has 33 heavy (non-hydrogen) atoms. The third kappa shape index (κ3) is 4.25. The molecule has 1 fully saturated rings. The van der Waals surface area contributed by atoms with Gasteiger partial charge in [-0.05, 0) is 36.8 Å². The van der Waals surface area contributed by atoms with Crippen molar-refractivity contribution >= 4 is 27.3 Å². The van der Waals surface area contributed by atoms with Crippen molar-refractivity contribution < 1.29 is 13.2 Å². The standard InChI is InChI=1S/C25H22N4O3S/c30-25(26-20-11-7-14-22(17-20)29-15-8-16-33(29,31)32)23-18-28(21-12-5-2-6-13-21)27-24(23)19-9-3-1-4-10-19/h1-7,9-14,17-18H,8,15-16H2,(H,26,30). The molecule has 0 unspecified atom stereocenters. The normalized spacial score (nSPS) is 14.8. The highest BCUT2D eigenvalue weighted by Gasteiger charge is 2.28. The summed E-state index contributed by atoms with van der Waals surface area (Å²) in [5, 5.41) is 7.59. The molecule has 0 radical (unpaired) electrons. The maximum atomic E-state index is 13.3. The van der Waals surface area contributed by atoms with E-state index in [0.29, 0.717) is 35.6 Å². The lowest BCUT2D eigenvalue weighted by molar-refractivity contribution is 0.102. The quantitative estimate of drug-likeness (QED) is 0.482. The molecular weight excluding hydrogens is 436 g/mol. The molecule has 7 nitrogen and oxygen atoms in total. The van der Waals surface area contributed by atoms with E-state index in [1.807, 2.05) is 60.7 Å². The summed E-state index contributed by atoms with van der Waals surface area (Å²) >= 11 is 0. The molecule has 1 saturated heterocycles. The summed E-state index contributed by atoms with van der Waals surface area (Å²) in [4.78, 5) is 13.3. The zero-order valence-corrected chi connectivity index (χ0v) is 18.6. The molecule has 3 aromatic carbocycles. The van der Waals surface area contributed by atoms with Gasteiger partial charge in [-0.1, -0.05) is 54.6 Å². The lowest BCUT2D eigenvalue weighted by atomic mass is 10.1. The van der Waals surface area contributed by atoms with Crippen molar-refractivity contribution in [1.82, 2.24) is 9.78 Å². The van der Waals surface area contributed by atoms with E-state index in [1.54, 1.807) is 35.1 Å². The zero-order chi connectivity index (χ0) is 22.8. The first-order chi connectivity index (χ1) is 16.0. The number of carbonyl (C=O) groups is 1. The van der Waals surface area contributed by atoms with Crippen LogP contribution in [0.3, 0.4) is 0 Å². The lowest BCUT2D eigenvalue weighted by Crippen LogP contribution is -2.25. The monoisotopic (exact) mass is 458 g/mol. The van der Waals surface area contributed by atoms with E-state index in [0.717, 1.165) is 11.3 Å². The summed E-state index contributed by atoms with van der Waals surface area (Å²) in [6.07, 6.45) is 2.31. The fourth-order valence-electron chi connectivity index (χ4n) is 3.93. The molecule has 1 aliphatic rings. The minimum Gasteiger partial charge on any atom is -0.322 e. The Balaban J connectivity index is 1.49. The smallest absolute Gasteiger partial charge is 0.259 e. The van der Waals surface area contributed by atoms with Gasteiger partial charge in [-0.2, -0.15) is 5.10 Å². The number of carbonyl (C=O) groups excluding carboxylic acids is 1. The summed E-state index contributed by atoms with van der Waals surface area (Å²) in [6.45, 7) is 0.446. The van der Waals surface area contributed by atoms with Gasteiger partial charge in [-0.15, -0.1) is 0 Å². The first-order valence-electron chi connectivity index (χ1n) is 10.6. The van der Waals surface area contributed by atoms with Gasteiger partial charge in [0.05, 0.1) is 22.7 Å².